The van der Waals surface area contributed by atoms with Crippen LogP contribution in [0.1, 0.15) is 17.5 Å². The molecule has 1 amide bonds. The molecule has 0 atom stereocenters. The van der Waals surface area contributed by atoms with Crippen LogP contribution in [-0.4, -0.2) is 22.2 Å². The van der Waals surface area contributed by atoms with Crippen molar-refractivity contribution in [2.24, 2.45) is 5.73 Å². The molecule has 0 aliphatic carbocycles. The zero-order valence-corrected chi connectivity index (χ0v) is 11.8. The third-order valence-corrected chi connectivity index (χ3v) is 3.60. The molecule has 1 aliphatic rings. The molecule has 0 spiro atoms. The number of primary amides is 1. The van der Waals surface area contributed by atoms with Crippen LogP contribution in [0.15, 0.2) is 30.6 Å². The van der Waals surface area contributed by atoms with E-state index >= 15 is 0 Å². The Hall–Kier alpha value is -2.50. The van der Waals surface area contributed by atoms with Gasteiger partial charge in [0.05, 0.1) is 11.9 Å². The fourth-order valence-electron chi connectivity index (χ4n) is 2.63. The highest BCUT2D eigenvalue weighted by molar-refractivity contribution is 5.73. The van der Waals surface area contributed by atoms with Crippen LogP contribution in [0.4, 0.5) is 11.4 Å². The molecule has 1 aromatic carbocycles. The van der Waals surface area contributed by atoms with Crippen molar-refractivity contribution in [2.75, 3.05) is 17.2 Å². The largest absolute Gasteiger partial charge is 0.385 e. The number of anilines is 2. The lowest BCUT2D eigenvalue weighted by molar-refractivity contribution is -0.118. The number of rotatable bonds is 5. The van der Waals surface area contributed by atoms with Gasteiger partial charge in [-0.05, 0) is 24.0 Å². The van der Waals surface area contributed by atoms with Crippen LogP contribution in [0.2, 0.25) is 0 Å². The van der Waals surface area contributed by atoms with E-state index in [-0.39, 0.29) is 6.54 Å². The lowest BCUT2D eigenvalue weighted by Gasteiger charge is -2.21. The minimum absolute atomic E-state index is 0.101. The van der Waals surface area contributed by atoms with Crippen molar-refractivity contribution in [3.8, 4) is 0 Å². The van der Waals surface area contributed by atoms with Gasteiger partial charge in [0.2, 0.25) is 5.91 Å². The maximum absolute atomic E-state index is 10.9. The zero-order chi connectivity index (χ0) is 14.7. The van der Waals surface area contributed by atoms with E-state index in [1.165, 1.54) is 27.9 Å². The number of hydrogen-bond acceptors (Lipinski definition) is 4. The van der Waals surface area contributed by atoms with Crippen molar-refractivity contribution >= 4 is 17.3 Å². The van der Waals surface area contributed by atoms with Gasteiger partial charge >= 0.3 is 0 Å². The highest BCUT2D eigenvalue weighted by Gasteiger charge is 2.12. The summed E-state index contributed by atoms with van der Waals surface area (Å²) in [7, 11) is 0. The number of amides is 1. The van der Waals surface area contributed by atoms with E-state index < -0.39 is 5.91 Å². The van der Waals surface area contributed by atoms with E-state index in [1.54, 1.807) is 12.4 Å². The Kier molecular flexibility index (Phi) is 3.77. The monoisotopic (exact) mass is 285 g/mol. The Balaban J connectivity index is 1.67. The van der Waals surface area contributed by atoms with E-state index in [0.29, 0.717) is 0 Å². The van der Waals surface area contributed by atoms with E-state index in [9.17, 15) is 4.79 Å². The first-order valence-corrected chi connectivity index (χ1v) is 7.11. The molecule has 1 aromatic heterocycles. The topological polar surface area (TPSA) is 85.0 Å². The number of carbonyl (C=O) groups excluding carboxylic acids is 1. The summed E-state index contributed by atoms with van der Waals surface area (Å²) in [6.45, 7) is 1.85. The summed E-state index contributed by atoms with van der Waals surface area (Å²) in [6.07, 6.45) is 5.80. The first kappa shape index (κ1) is 13.5. The van der Waals surface area contributed by atoms with Gasteiger partial charge in [-0.2, -0.15) is 5.10 Å². The molecule has 2 aromatic rings. The van der Waals surface area contributed by atoms with Crippen LogP contribution in [0.3, 0.4) is 0 Å². The van der Waals surface area contributed by atoms with Crippen molar-refractivity contribution in [3.05, 3.63) is 41.7 Å². The van der Waals surface area contributed by atoms with Gasteiger partial charge in [-0.25, -0.2) is 0 Å². The maximum Gasteiger partial charge on any atom is 0.239 e. The SMILES string of the molecule is NC(=O)Cn1cc(NCc2cccc3c2NCCC3)cn1. The molecule has 1 aliphatic heterocycles. The molecule has 0 unspecified atom stereocenters. The summed E-state index contributed by atoms with van der Waals surface area (Å²) in [5.74, 6) is -0.397. The second kappa shape index (κ2) is 5.87. The molecule has 21 heavy (non-hydrogen) atoms. The number of carbonyl (C=O) groups is 1. The number of hydrogen-bond donors (Lipinski definition) is 3. The maximum atomic E-state index is 10.9. The summed E-state index contributed by atoms with van der Waals surface area (Å²) >= 11 is 0. The first-order chi connectivity index (χ1) is 10.2. The zero-order valence-electron chi connectivity index (χ0n) is 11.8. The number of nitrogens with two attached hydrogens (primary N) is 1. The van der Waals surface area contributed by atoms with Gasteiger partial charge in [0, 0.05) is 25.0 Å². The number of para-hydroxylation sites is 1. The summed E-state index contributed by atoms with van der Waals surface area (Å²) in [5.41, 5.74) is 9.90. The number of aryl methyl sites for hydroxylation is 1. The number of aromatic nitrogens is 2. The molecular weight excluding hydrogens is 266 g/mol. The highest BCUT2D eigenvalue weighted by atomic mass is 16.1. The van der Waals surface area contributed by atoms with Crippen molar-refractivity contribution < 1.29 is 4.79 Å². The number of nitrogens with zero attached hydrogens (tertiary/aromatic N) is 2. The fourth-order valence-corrected chi connectivity index (χ4v) is 2.63. The van der Waals surface area contributed by atoms with Crippen molar-refractivity contribution in [3.63, 3.8) is 0 Å². The summed E-state index contributed by atoms with van der Waals surface area (Å²) < 4.78 is 1.53. The smallest absolute Gasteiger partial charge is 0.239 e. The Morgan fingerprint density at radius 3 is 3.24 bits per heavy atom. The van der Waals surface area contributed by atoms with E-state index in [2.05, 4.69) is 33.9 Å². The predicted molar refractivity (Wildman–Crippen MR) is 82.0 cm³/mol. The fraction of sp³-hybridized carbons (Fsp3) is 0.333. The molecular formula is C15H19N5O. The van der Waals surface area contributed by atoms with Crippen molar-refractivity contribution in [2.45, 2.75) is 25.9 Å². The molecule has 2 heterocycles. The van der Waals surface area contributed by atoms with Crippen LogP contribution >= 0.6 is 0 Å². The molecule has 3 rings (SSSR count). The van der Waals surface area contributed by atoms with Crippen LogP contribution < -0.4 is 16.4 Å². The summed E-state index contributed by atoms with van der Waals surface area (Å²) in [5, 5.41) is 10.9. The molecule has 0 bridgehead atoms. The van der Waals surface area contributed by atoms with Crippen LogP contribution in [0, 0.1) is 0 Å². The Labute approximate surface area is 123 Å². The average molecular weight is 285 g/mol. The molecule has 0 fully saturated rings. The Morgan fingerprint density at radius 1 is 1.48 bits per heavy atom. The van der Waals surface area contributed by atoms with Crippen LogP contribution in [0.5, 0.6) is 0 Å². The van der Waals surface area contributed by atoms with Gasteiger partial charge in [-0.15, -0.1) is 0 Å². The second-order valence-corrected chi connectivity index (χ2v) is 5.23. The molecule has 0 saturated heterocycles. The van der Waals surface area contributed by atoms with Gasteiger partial charge in [0.1, 0.15) is 6.54 Å². The summed E-state index contributed by atoms with van der Waals surface area (Å²) in [6, 6.07) is 6.40. The number of fused-ring (bicyclic) bond motifs is 1. The lowest BCUT2D eigenvalue weighted by atomic mass is 9.99. The third kappa shape index (κ3) is 3.16. The highest BCUT2D eigenvalue weighted by Crippen LogP contribution is 2.26. The molecule has 0 saturated carbocycles. The van der Waals surface area contributed by atoms with Gasteiger partial charge in [0.15, 0.2) is 0 Å². The second-order valence-electron chi connectivity index (χ2n) is 5.23. The van der Waals surface area contributed by atoms with Gasteiger partial charge in [0.25, 0.3) is 0 Å². The average Bonchev–Trinajstić information content (AvgIpc) is 2.92. The van der Waals surface area contributed by atoms with E-state index in [1.807, 2.05) is 0 Å². The number of benzene rings is 1. The van der Waals surface area contributed by atoms with Crippen molar-refractivity contribution in [1.29, 1.82) is 0 Å². The van der Waals surface area contributed by atoms with Gasteiger partial charge < -0.3 is 16.4 Å². The van der Waals surface area contributed by atoms with E-state index in [0.717, 1.165) is 25.2 Å². The molecule has 0 radical (unpaired) electrons. The quantitative estimate of drug-likeness (QED) is 0.774. The standard InChI is InChI=1S/C15H19N5O/c16-14(21)10-20-9-13(8-19-20)18-7-12-4-1-3-11-5-2-6-17-15(11)12/h1,3-4,8-9,17-18H,2,5-7,10H2,(H2,16,21). The molecule has 6 nitrogen and oxygen atoms in total. The minimum atomic E-state index is -0.397. The first-order valence-electron chi connectivity index (χ1n) is 7.11. The Morgan fingerprint density at radius 2 is 2.38 bits per heavy atom. The van der Waals surface area contributed by atoms with Gasteiger partial charge in [-0.3, -0.25) is 9.48 Å². The molecule has 4 N–H and O–H groups in total. The molecule has 110 valence electrons. The lowest BCUT2D eigenvalue weighted by Crippen LogP contribution is -2.18. The Bertz CT molecular complexity index is 649. The van der Waals surface area contributed by atoms with Gasteiger partial charge in [-0.1, -0.05) is 18.2 Å². The van der Waals surface area contributed by atoms with Crippen molar-refractivity contribution in [1.82, 2.24) is 9.78 Å². The normalized spacial score (nSPS) is 13.3. The predicted octanol–water partition coefficient (Wildman–Crippen LogP) is 1.34. The van der Waals surface area contributed by atoms with E-state index in [4.69, 9.17) is 5.73 Å². The third-order valence-electron chi connectivity index (χ3n) is 3.60. The minimum Gasteiger partial charge on any atom is -0.385 e. The summed E-state index contributed by atoms with van der Waals surface area (Å²) in [4.78, 5) is 10.9. The number of nitrogens with one attached hydrogen (secondary N) is 2. The van der Waals surface area contributed by atoms with Crippen LogP contribution in [-0.2, 0) is 24.3 Å². The van der Waals surface area contributed by atoms with Crippen LogP contribution in [0.25, 0.3) is 0 Å². The molecule has 6 heteroatoms.